The normalized spacial score (nSPS) is 20.3. The summed E-state index contributed by atoms with van der Waals surface area (Å²) in [6.45, 7) is 3.66. The molecular weight excluding hydrogens is 714 g/mol. The van der Waals surface area contributed by atoms with Crippen LogP contribution in [0.3, 0.4) is 0 Å². The molecule has 2 N–H and O–H groups in total. The van der Waals surface area contributed by atoms with Crippen LogP contribution in [-0.4, -0.2) is 144 Å². The molecule has 4 heterocycles. The van der Waals surface area contributed by atoms with E-state index >= 15 is 0 Å². The maximum absolute atomic E-state index is 13.9. The maximum atomic E-state index is 13.9. The van der Waals surface area contributed by atoms with Crippen LogP contribution in [0.5, 0.6) is 5.88 Å². The van der Waals surface area contributed by atoms with Crippen LogP contribution in [0.4, 0.5) is 4.79 Å². The molecule has 1 aliphatic carbocycles. The summed E-state index contributed by atoms with van der Waals surface area (Å²) in [6, 6.07) is 8.77. The Labute approximate surface area is 319 Å². The van der Waals surface area contributed by atoms with Crippen molar-refractivity contribution >= 4 is 35.7 Å². The van der Waals surface area contributed by atoms with Gasteiger partial charge in [0, 0.05) is 57.9 Å². The van der Waals surface area contributed by atoms with Crippen molar-refractivity contribution in [2.75, 3.05) is 59.2 Å². The molecule has 5 amide bonds. The smallest absolute Gasteiger partial charge is 0.409 e. The van der Waals surface area contributed by atoms with Crippen molar-refractivity contribution in [2.45, 2.75) is 88.9 Å². The van der Waals surface area contributed by atoms with Crippen LogP contribution < -0.4 is 15.4 Å². The Morgan fingerprint density at radius 2 is 1.67 bits per heavy atom. The molecule has 6 rings (SSSR count). The van der Waals surface area contributed by atoms with Crippen molar-refractivity contribution in [1.82, 2.24) is 35.1 Å². The van der Waals surface area contributed by atoms with Crippen LogP contribution in [0.25, 0.3) is 5.69 Å². The molecule has 0 radical (unpaired) electrons. The number of nitrogens with one attached hydrogen (secondary N) is 2. The van der Waals surface area contributed by atoms with Gasteiger partial charge in [0.15, 0.2) is 12.3 Å². The number of hydrogen-bond acceptors (Lipinski definition) is 11. The molecule has 0 bridgehead atoms. The van der Waals surface area contributed by atoms with Gasteiger partial charge in [0.2, 0.25) is 17.7 Å². The fourth-order valence-electron chi connectivity index (χ4n) is 7.07. The molecule has 1 saturated carbocycles. The number of carbonyl (C=O) groups is 6. The van der Waals surface area contributed by atoms with Crippen molar-refractivity contribution < 1.29 is 47.7 Å². The second kappa shape index (κ2) is 18.9. The van der Waals surface area contributed by atoms with Crippen molar-refractivity contribution in [3.63, 3.8) is 0 Å². The number of piperazine rings is 1. The number of likely N-dealkylation sites (tertiary alicyclic amines) is 1. The Morgan fingerprint density at radius 1 is 0.909 bits per heavy atom. The summed E-state index contributed by atoms with van der Waals surface area (Å²) in [5.41, 5.74) is 0.472. The molecule has 3 atom stereocenters. The highest BCUT2D eigenvalue weighted by molar-refractivity contribution is 5.96. The summed E-state index contributed by atoms with van der Waals surface area (Å²) in [5.74, 6) is -2.05. The highest BCUT2D eigenvalue weighted by atomic mass is 16.6. The van der Waals surface area contributed by atoms with Crippen molar-refractivity contribution in [3.05, 3.63) is 42.1 Å². The van der Waals surface area contributed by atoms with Gasteiger partial charge in [-0.05, 0) is 70.4 Å². The lowest BCUT2D eigenvalue weighted by atomic mass is 9.93. The number of aromatic nitrogens is 2. The minimum Gasteiger partial charge on any atom is -0.467 e. The monoisotopic (exact) mass is 765 g/mol. The number of nitrogens with zero attached hydrogens (tertiary/aromatic N) is 5. The lowest BCUT2D eigenvalue weighted by Gasteiger charge is -2.35. The SMILES string of the molecule is CCOC(=O)N1CCN(C(=O)C(CCC(=O)OC[C@@H]2CCCO2)NC(=O)c2cc(OCC(=O)N3CCC[C@H]3C(=O)NC3CCC3)n(-c3ccccc3)n2)CC1. The van der Waals surface area contributed by atoms with Gasteiger partial charge in [0.05, 0.1) is 18.4 Å². The minimum atomic E-state index is -1.12. The summed E-state index contributed by atoms with van der Waals surface area (Å²) >= 11 is 0. The van der Waals surface area contributed by atoms with Gasteiger partial charge in [-0.25, -0.2) is 9.48 Å². The van der Waals surface area contributed by atoms with E-state index in [0.717, 1.165) is 32.1 Å². The molecule has 4 aliphatic rings. The molecule has 3 saturated heterocycles. The highest BCUT2D eigenvalue weighted by Gasteiger charge is 2.36. The fourth-order valence-corrected chi connectivity index (χ4v) is 7.07. The van der Waals surface area contributed by atoms with Gasteiger partial charge < -0.3 is 44.3 Å². The quantitative estimate of drug-likeness (QED) is 0.252. The van der Waals surface area contributed by atoms with Crippen LogP contribution in [0.15, 0.2) is 36.4 Å². The van der Waals surface area contributed by atoms with Gasteiger partial charge in [-0.3, -0.25) is 24.0 Å². The minimum absolute atomic E-state index is 0.0460. The molecular formula is C38H51N7O10. The van der Waals surface area contributed by atoms with Gasteiger partial charge in [0.1, 0.15) is 18.7 Å². The number of esters is 1. The maximum Gasteiger partial charge on any atom is 0.409 e. The predicted octanol–water partition coefficient (Wildman–Crippen LogP) is 1.81. The van der Waals surface area contributed by atoms with Crippen molar-refractivity contribution in [2.24, 2.45) is 0 Å². The second-order valence-corrected chi connectivity index (χ2v) is 14.2. The van der Waals surface area contributed by atoms with E-state index in [1.807, 2.05) is 6.07 Å². The van der Waals surface area contributed by atoms with Gasteiger partial charge in [-0.15, -0.1) is 0 Å². The van der Waals surface area contributed by atoms with E-state index in [4.69, 9.17) is 18.9 Å². The van der Waals surface area contributed by atoms with Crippen LogP contribution in [-0.2, 0) is 33.4 Å². The van der Waals surface area contributed by atoms with Crippen molar-refractivity contribution in [3.8, 4) is 11.6 Å². The number of rotatable bonds is 15. The van der Waals surface area contributed by atoms with Crippen molar-refractivity contribution in [1.29, 1.82) is 0 Å². The molecule has 1 aromatic carbocycles. The van der Waals surface area contributed by atoms with Crippen LogP contribution in [0.1, 0.15) is 75.2 Å². The van der Waals surface area contributed by atoms with Crippen LogP contribution >= 0.6 is 0 Å². The zero-order valence-corrected chi connectivity index (χ0v) is 31.3. The first-order valence-electron chi connectivity index (χ1n) is 19.4. The van der Waals surface area contributed by atoms with E-state index in [0.29, 0.717) is 31.7 Å². The Morgan fingerprint density at radius 3 is 2.36 bits per heavy atom. The lowest BCUT2D eigenvalue weighted by molar-refractivity contribution is -0.147. The molecule has 55 heavy (non-hydrogen) atoms. The summed E-state index contributed by atoms with van der Waals surface area (Å²) in [4.78, 5) is 83.6. The third kappa shape index (κ3) is 10.3. The standard InChI is InChI=1S/C38H51N7O10/c1-2-52-38(51)43-20-18-42(19-21-43)37(50)29(15-16-34(47)55-24-28-13-8-22-53-28)40-35(48)30-23-33(45(41-30)27-11-4-3-5-12-27)54-25-32(46)44-17-7-14-31(44)36(49)39-26-9-6-10-26/h3-5,11-12,23,26,28-29,31H,2,6-10,13-22,24-25H2,1H3,(H,39,49)(H,40,48)/t28-,29?,31-/m0/s1. The average Bonchev–Trinajstić information content (AvgIpc) is 3.98. The van der Waals surface area contributed by atoms with E-state index in [9.17, 15) is 28.8 Å². The third-order valence-corrected chi connectivity index (χ3v) is 10.4. The molecule has 1 aromatic heterocycles. The summed E-state index contributed by atoms with van der Waals surface area (Å²) in [7, 11) is 0. The Balaban J connectivity index is 1.14. The average molecular weight is 766 g/mol. The first kappa shape index (κ1) is 39.5. The number of amides is 5. The van der Waals surface area contributed by atoms with Gasteiger partial charge in [0.25, 0.3) is 11.8 Å². The fraction of sp³-hybridized carbons (Fsp3) is 0.605. The zero-order valence-electron chi connectivity index (χ0n) is 31.3. The van der Waals surface area contributed by atoms with Gasteiger partial charge >= 0.3 is 12.1 Å². The van der Waals surface area contributed by atoms with E-state index in [2.05, 4.69) is 15.7 Å². The summed E-state index contributed by atoms with van der Waals surface area (Å²) in [6.07, 6.45) is 5.14. The number of hydrogen-bond donors (Lipinski definition) is 2. The number of para-hydroxylation sites is 1. The Bertz CT molecular complexity index is 1670. The molecule has 1 unspecified atom stereocenters. The number of ether oxygens (including phenoxy) is 4. The van der Waals surface area contributed by atoms with Gasteiger partial charge in [-0.1, -0.05) is 18.2 Å². The molecule has 298 valence electrons. The number of carbonyl (C=O) groups excluding carboxylic acids is 6. The van der Waals surface area contributed by atoms with E-state index < -0.39 is 36.0 Å². The van der Waals surface area contributed by atoms with E-state index in [-0.39, 0.29) is 94.4 Å². The molecule has 17 nitrogen and oxygen atoms in total. The number of benzene rings is 1. The highest BCUT2D eigenvalue weighted by Crippen LogP contribution is 2.24. The first-order valence-corrected chi connectivity index (χ1v) is 19.4. The Kier molecular flexibility index (Phi) is 13.6. The molecule has 0 spiro atoms. The third-order valence-electron chi connectivity index (χ3n) is 10.4. The summed E-state index contributed by atoms with van der Waals surface area (Å²) in [5, 5.41) is 10.3. The Hall–Kier alpha value is -5.19. The van der Waals surface area contributed by atoms with Crippen LogP contribution in [0, 0.1) is 0 Å². The molecule has 3 aliphatic heterocycles. The van der Waals surface area contributed by atoms with E-state index in [1.54, 1.807) is 41.0 Å². The molecule has 2 aromatic rings. The zero-order chi connectivity index (χ0) is 38.7. The largest absolute Gasteiger partial charge is 0.467 e. The topological polar surface area (TPSA) is 191 Å². The molecule has 4 fully saturated rings. The second-order valence-electron chi connectivity index (χ2n) is 14.2. The predicted molar refractivity (Wildman–Crippen MR) is 195 cm³/mol. The molecule has 17 heteroatoms. The lowest BCUT2D eigenvalue weighted by Crippen LogP contribution is -2.56. The van der Waals surface area contributed by atoms with E-state index in [1.165, 1.54) is 15.6 Å². The van der Waals surface area contributed by atoms with Gasteiger partial charge in [-0.2, -0.15) is 5.10 Å². The summed E-state index contributed by atoms with van der Waals surface area (Å²) < 4.78 is 23.4. The van der Waals surface area contributed by atoms with Crippen LogP contribution in [0.2, 0.25) is 0 Å². The first-order chi connectivity index (χ1) is 26.7.